The van der Waals surface area contributed by atoms with Crippen LogP contribution in [0.15, 0.2) is 55.0 Å². The van der Waals surface area contributed by atoms with E-state index < -0.39 is 17.8 Å². The minimum atomic E-state index is -4.41. The van der Waals surface area contributed by atoms with Crippen molar-refractivity contribution in [3.05, 3.63) is 71.8 Å². The third-order valence-electron chi connectivity index (χ3n) is 7.45. The van der Waals surface area contributed by atoms with Gasteiger partial charge < -0.3 is 19.9 Å². The van der Waals surface area contributed by atoms with Gasteiger partial charge in [-0.15, -0.1) is 0 Å². The smallest absolute Gasteiger partial charge is 0.381 e. The van der Waals surface area contributed by atoms with Gasteiger partial charge >= 0.3 is 6.18 Å². The van der Waals surface area contributed by atoms with Gasteiger partial charge in [0.15, 0.2) is 0 Å². The van der Waals surface area contributed by atoms with E-state index in [1.54, 1.807) is 18.6 Å². The lowest BCUT2D eigenvalue weighted by molar-refractivity contribution is -0.138. The molecule has 2 aliphatic heterocycles. The van der Waals surface area contributed by atoms with Crippen LogP contribution in [0.1, 0.15) is 49.1 Å². The van der Waals surface area contributed by atoms with Crippen LogP contribution in [0.3, 0.4) is 0 Å². The maximum Gasteiger partial charge on any atom is 0.416 e. The van der Waals surface area contributed by atoms with Crippen LogP contribution in [0.2, 0.25) is 0 Å². The highest BCUT2D eigenvalue weighted by molar-refractivity contribution is 5.72. The molecule has 0 saturated carbocycles. The summed E-state index contributed by atoms with van der Waals surface area (Å²) >= 11 is 0. The number of benzene rings is 1. The fourth-order valence-corrected chi connectivity index (χ4v) is 5.70. The first-order valence-corrected chi connectivity index (χ1v) is 12.5. The van der Waals surface area contributed by atoms with E-state index in [9.17, 15) is 18.0 Å². The minimum absolute atomic E-state index is 0.0698. The Morgan fingerprint density at radius 2 is 2.14 bits per heavy atom. The Bertz CT molecular complexity index is 1160. The number of imidazole rings is 1. The molecule has 9 heteroatoms. The molecule has 2 N–H and O–H groups in total. The monoisotopic (exact) mass is 500 g/mol. The van der Waals surface area contributed by atoms with Crippen molar-refractivity contribution in [3.8, 4) is 0 Å². The molecule has 0 spiro atoms. The molecule has 1 aromatic heterocycles. The van der Waals surface area contributed by atoms with Crippen LogP contribution < -0.4 is 10.6 Å². The van der Waals surface area contributed by atoms with Crippen LogP contribution in [0, 0.1) is 11.8 Å². The number of halogens is 3. The number of hydrogen-bond donors (Lipinski definition) is 2. The van der Waals surface area contributed by atoms with E-state index in [2.05, 4.69) is 27.8 Å². The van der Waals surface area contributed by atoms with E-state index in [0.717, 1.165) is 36.7 Å². The third kappa shape index (κ3) is 5.21. The number of nitrogens with one attached hydrogen (secondary N) is 2. The number of aromatic nitrogens is 2. The predicted octanol–water partition coefficient (Wildman–Crippen LogP) is 5.04. The lowest BCUT2D eigenvalue weighted by atomic mass is 9.73. The van der Waals surface area contributed by atoms with Crippen molar-refractivity contribution in [1.29, 1.82) is 0 Å². The molecule has 0 bridgehead atoms. The van der Waals surface area contributed by atoms with Crippen molar-refractivity contribution < 1.29 is 22.7 Å². The zero-order chi connectivity index (χ0) is 25.3. The number of carbonyl (C=O) groups is 1. The fourth-order valence-electron chi connectivity index (χ4n) is 5.70. The Kier molecular flexibility index (Phi) is 6.92. The van der Waals surface area contributed by atoms with Crippen molar-refractivity contribution in [2.45, 2.75) is 63.6 Å². The Hall–Kier alpha value is -3.07. The maximum atomic E-state index is 13.6. The predicted molar refractivity (Wildman–Crippen MR) is 130 cm³/mol. The van der Waals surface area contributed by atoms with E-state index in [1.807, 2.05) is 16.7 Å². The molecule has 0 radical (unpaired) electrons. The quantitative estimate of drug-likeness (QED) is 0.583. The molecule has 1 aliphatic carbocycles. The summed E-state index contributed by atoms with van der Waals surface area (Å²) in [5.41, 5.74) is 1.64. The van der Waals surface area contributed by atoms with E-state index in [1.165, 1.54) is 13.0 Å². The van der Waals surface area contributed by atoms with Gasteiger partial charge in [-0.05, 0) is 37.5 Å². The summed E-state index contributed by atoms with van der Waals surface area (Å²) in [5.74, 6) is 0.246. The van der Waals surface area contributed by atoms with Gasteiger partial charge in [0.05, 0.1) is 30.6 Å². The normalized spacial score (nSPS) is 27.2. The first-order chi connectivity index (χ1) is 17.3. The van der Waals surface area contributed by atoms with Crippen LogP contribution in [0.5, 0.6) is 0 Å². The number of fused-ring (bicyclic) bond motifs is 3. The van der Waals surface area contributed by atoms with Crippen molar-refractivity contribution >= 4 is 11.6 Å². The number of ether oxygens (including phenoxy) is 1. The summed E-state index contributed by atoms with van der Waals surface area (Å²) in [6, 6.07) is 4.04. The van der Waals surface area contributed by atoms with Crippen LogP contribution in [-0.4, -0.2) is 34.1 Å². The van der Waals surface area contributed by atoms with Gasteiger partial charge in [0.1, 0.15) is 0 Å². The van der Waals surface area contributed by atoms with Gasteiger partial charge in [0.2, 0.25) is 5.91 Å². The molecule has 36 heavy (non-hydrogen) atoms. The standard InChI is InChI=1S/C27H31F3N4O2/c1-17(35)32-12-11-20-14-31-16-34(20)15-21-8-9-22-25(18-5-3-2-4-6-18)33-24-10-7-19(27(28,29)30)13-23(24)26(22)36-21/h2-5,7,10,13-14,16,18,21-22,25-26,33H,6,8-9,11-12,15H2,1H3,(H,32,35)/t18?,21-,22+,25+,26+/m1/s1. The molecular formula is C27H31F3N4O2. The summed E-state index contributed by atoms with van der Waals surface area (Å²) in [5, 5.41) is 6.36. The largest absolute Gasteiger partial charge is 0.416 e. The number of anilines is 1. The molecule has 192 valence electrons. The molecule has 2 aromatic rings. The first kappa shape index (κ1) is 24.6. The van der Waals surface area contributed by atoms with Crippen LogP contribution in [-0.2, 0) is 28.7 Å². The Labute approximate surface area is 208 Å². The second-order valence-electron chi connectivity index (χ2n) is 9.87. The SMILES string of the molecule is CC(=O)NCCc1cncn1C[C@H]1CC[C@@H]2[C@H](O1)c1cc(C(F)(F)F)ccc1N[C@H]2C1C=CC=CC1. The molecule has 1 unspecified atom stereocenters. The maximum absolute atomic E-state index is 13.6. The lowest BCUT2D eigenvalue weighted by Crippen LogP contribution is -2.47. The fraction of sp³-hybridized carbons (Fsp3) is 0.481. The Balaban J connectivity index is 1.38. The van der Waals surface area contributed by atoms with Gasteiger partial charge in [-0.2, -0.15) is 13.2 Å². The van der Waals surface area contributed by atoms with E-state index in [4.69, 9.17) is 4.74 Å². The second-order valence-corrected chi connectivity index (χ2v) is 9.87. The zero-order valence-corrected chi connectivity index (χ0v) is 20.2. The highest BCUT2D eigenvalue weighted by Crippen LogP contribution is 2.49. The average Bonchev–Trinajstić information content (AvgIpc) is 3.29. The van der Waals surface area contributed by atoms with Crippen molar-refractivity contribution in [1.82, 2.24) is 14.9 Å². The van der Waals surface area contributed by atoms with Gasteiger partial charge in [-0.25, -0.2) is 4.98 Å². The molecule has 1 fully saturated rings. The second kappa shape index (κ2) is 10.1. The van der Waals surface area contributed by atoms with E-state index in [-0.39, 0.29) is 29.9 Å². The van der Waals surface area contributed by atoms with E-state index >= 15 is 0 Å². The molecule has 1 amide bonds. The molecule has 6 nitrogen and oxygen atoms in total. The molecule has 5 rings (SSSR count). The number of rotatable bonds is 6. The van der Waals surface area contributed by atoms with Crippen LogP contribution in [0.4, 0.5) is 18.9 Å². The lowest BCUT2D eigenvalue weighted by Gasteiger charge is -2.47. The van der Waals surface area contributed by atoms with Gasteiger partial charge in [0, 0.05) is 60.9 Å². The van der Waals surface area contributed by atoms with Gasteiger partial charge in [0.25, 0.3) is 0 Å². The van der Waals surface area contributed by atoms with Crippen molar-refractivity contribution in [2.75, 3.05) is 11.9 Å². The summed E-state index contributed by atoms with van der Waals surface area (Å²) < 4.78 is 49.3. The summed E-state index contributed by atoms with van der Waals surface area (Å²) in [6.07, 6.45) is 10.1. The van der Waals surface area contributed by atoms with Crippen molar-refractivity contribution in [2.24, 2.45) is 11.8 Å². The first-order valence-electron chi connectivity index (χ1n) is 12.5. The highest BCUT2D eigenvalue weighted by atomic mass is 19.4. The number of alkyl halides is 3. The highest BCUT2D eigenvalue weighted by Gasteiger charge is 2.45. The molecule has 1 aromatic carbocycles. The number of hydrogen-bond acceptors (Lipinski definition) is 4. The number of carbonyl (C=O) groups excluding carboxylic acids is 1. The summed E-state index contributed by atoms with van der Waals surface area (Å²) in [4.78, 5) is 15.5. The van der Waals surface area contributed by atoms with Crippen molar-refractivity contribution in [3.63, 3.8) is 0 Å². The van der Waals surface area contributed by atoms with Gasteiger partial charge in [-0.1, -0.05) is 24.3 Å². The molecule has 5 atom stereocenters. The zero-order valence-electron chi connectivity index (χ0n) is 20.2. The molecule has 1 saturated heterocycles. The number of amides is 1. The minimum Gasteiger partial charge on any atom is -0.381 e. The van der Waals surface area contributed by atoms with E-state index in [0.29, 0.717) is 25.1 Å². The Morgan fingerprint density at radius 3 is 2.89 bits per heavy atom. The Morgan fingerprint density at radius 1 is 1.28 bits per heavy atom. The molecule has 3 heterocycles. The van der Waals surface area contributed by atoms with Gasteiger partial charge in [-0.3, -0.25) is 4.79 Å². The van der Waals surface area contributed by atoms with Crippen LogP contribution >= 0.6 is 0 Å². The average molecular weight is 501 g/mol. The molecular weight excluding hydrogens is 469 g/mol. The summed E-state index contributed by atoms with van der Waals surface area (Å²) in [7, 11) is 0. The number of allylic oxidation sites excluding steroid dienone is 3. The van der Waals surface area contributed by atoms with Crippen LogP contribution in [0.25, 0.3) is 0 Å². The molecule has 3 aliphatic rings. The number of nitrogens with zero attached hydrogens (tertiary/aromatic N) is 2. The topological polar surface area (TPSA) is 68.2 Å². The third-order valence-corrected chi connectivity index (χ3v) is 7.45. The summed E-state index contributed by atoms with van der Waals surface area (Å²) in [6.45, 7) is 2.57.